The van der Waals surface area contributed by atoms with Crippen molar-refractivity contribution >= 4 is 43.3 Å². The maximum Gasteiger partial charge on any atom is 0.348 e. The summed E-state index contributed by atoms with van der Waals surface area (Å²) in [7, 11) is -2.51. The third-order valence-corrected chi connectivity index (χ3v) is 6.07. The minimum atomic E-state index is -3.74. The van der Waals surface area contributed by atoms with E-state index < -0.39 is 22.0 Å². The average Bonchev–Trinajstić information content (AvgIpc) is 2.70. The zero-order valence-electron chi connectivity index (χ0n) is 10.3. The van der Waals surface area contributed by atoms with Crippen molar-refractivity contribution in [3.63, 3.8) is 0 Å². The number of nitrogens with one attached hydrogen (secondary N) is 1. The molecule has 0 aliphatic rings. The van der Waals surface area contributed by atoms with Gasteiger partial charge in [-0.3, -0.25) is 0 Å². The topological polar surface area (TPSA) is 92.7 Å². The van der Waals surface area contributed by atoms with Gasteiger partial charge in [0.2, 0.25) is 10.0 Å². The summed E-state index contributed by atoms with van der Waals surface area (Å²) >= 11 is 4.11. The second kappa shape index (κ2) is 6.80. The molecule has 0 aromatic carbocycles. The van der Waals surface area contributed by atoms with E-state index in [0.717, 1.165) is 11.3 Å². The van der Waals surface area contributed by atoms with E-state index in [4.69, 9.17) is 5.11 Å². The van der Waals surface area contributed by atoms with Crippen molar-refractivity contribution in [2.75, 3.05) is 13.7 Å². The summed E-state index contributed by atoms with van der Waals surface area (Å²) in [6.45, 7) is 1.54. The van der Waals surface area contributed by atoms with Crippen LogP contribution >= 0.6 is 27.3 Å². The van der Waals surface area contributed by atoms with E-state index in [1.54, 1.807) is 6.92 Å². The SMILES string of the molecule is COC(=O)c1cc(S(=O)(=O)NC(C)CCO)c(Br)s1. The van der Waals surface area contributed by atoms with E-state index in [-0.39, 0.29) is 16.4 Å². The monoisotopic (exact) mass is 371 g/mol. The largest absolute Gasteiger partial charge is 0.465 e. The molecule has 1 atom stereocenters. The Hall–Kier alpha value is -0.480. The highest BCUT2D eigenvalue weighted by Crippen LogP contribution is 2.32. The number of hydrogen-bond donors (Lipinski definition) is 2. The third-order valence-electron chi connectivity index (χ3n) is 2.25. The molecule has 6 nitrogen and oxygen atoms in total. The number of ether oxygens (including phenoxy) is 1. The van der Waals surface area contributed by atoms with E-state index in [0.29, 0.717) is 10.2 Å². The minimum Gasteiger partial charge on any atom is -0.465 e. The van der Waals surface area contributed by atoms with Gasteiger partial charge in [-0.05, 0) is 35.3 Å². The fraction of sp³-hybridized carbons (Fsp3) is 0.500. The smallest absolute Gasteiger partial charge is 0.348 e. The first kappa shape index (κ1) is 16.6. The molecule has 1 rings (SSSR count). The molecule has 0 saturated carbocycles. The number of thiophene rings is 1. The number of aliphatic hydroxyl groups excluding tert-OH is 1. The van der Waals surface area contributed by atoms with E-state index in [1.165, 1.54) is 13.2 Å². The minimum absolute atomic E-state index is 0.0114. The maximum absolute atomic E-state index is 12.1. The zero-order chi connectivity index (χ0) is 14.6. The Labute approximate surface area is 124 Å². The Balaban J connectivity index is 3.02. The van der Waals surface area contributed by atoms with Crippen molar-refractivity contribution in [1.82, 2.24) is 4.72 Å². The molecule has 0 fully saturated rings. The summed E-state index contributed by atoms with van der Waals surface area (Å²) in [5, 5.41) is 8.76. The van der Waals surface area contributed by atoms with Crippen molar-refractivity contribution < 1.29 is 23.1 Å². The fourth-order valence-electron chi connectivity index (χ4n) is 1.32. The van der Waals surface area contributed by atoms with Crippen LogP contribution < -0.4 is 4.72 Å². The second-order valence-electron chi connectivity index (χ2n) is 3.77. The van der Waals surface area contributed by atoms with Crippen LogP contribution in [-0.2, 0) is 14.8 Å². The summed E-state index contributed by atoms with van der Waals surface area (Å²) in [6, 6.07) is 0.859. The van der Waals surface area contributed by atoms with Crippen LogP contribution in [0.25, 0.3) is 0 Å². The van der Waals surface area contributed by atoms with Crippen LogP contribution in [0.5, 0.6) is 0 Å². The van der Waals surface area contributed by atoms with Crippen LogP contribution in [0.15, 0.2) is 14.7 Å². The molecule has 0 aliphatic carbocycles. The standard InChI is InChI=1S/C10H14BrNO5S2/c1-6(3-4-13)12-19(15,16)8-5-7(10(14)17-2)18-9(8)11/h5-6,12-13H,3-4H2,1-2H3. The lowest BCUT2D eigenvalue weighted by Gasteiger charge is -2.12. The molecule has 2 N–H and O–H groups in total. The molecule has 1 aromatic rings. The molecule has 0 saturated heterocycles. The fourth-order valence-corrected chi connectivity index (χ4v) is 5.08. The molecule has 0 spiro atoms. The molecule has 1 aromatic heterocycles. The first-order valence-corrected chi connectivity index (χ1v) is 8.42. The predicted molar refractivity (Wildman–Crippen MR) is 74.8 cm³/mol. The van der Waals surface area contributed by atoms with E-state index in [9.17, 15) is 13.2 Å². The van der Waals surface area contributed by atoms with Gasteiger partial charge in [-0.2, -0.15) is 0 Å². The van der Waals surface area contributed by atoms with Gasteiger partial charge in [-0.1, -0.05) is 0 Å². The van der Waals surface area contributed by atoms with E-state index in [1.807, 2.05) is 0 Å². The highest BCUT2D eigenvalue weighted by Gasteiger charge is 2.24. The zero-order valence-corrected chi connectivity index (χ0v) is 13.6. The lowest BCUT2D eigenvalue weighted by molar-refractivity contribution is 0.0606. The normalized spacial score (nSPS) is 13.3. The predicted octanol–water partition coefficient (Wildman–Crippen LogP) is 1.35. The molecule has 1 heterocycles. The van der Waals surface area contributed by atoms with Gasteiger partial charge in [0.1, 0.15) is 9.77 Å². The van der Waals surface area contributed by atoms with Crippen LogP contribution in [0.1, 0.15) is 23.0 Å². The first-order valence-electron chi connectivity index (χ1n) is 5.32. The number of esters is 1. The lowest BCUT2D eigenvalue weighted by Crippen LogP contribution is -2.33. The summed E-state index contributed by atoms with van der Waals surface area (Å²) in [6.07, 6.45) is 0.310. The molecule has 1 unspecified atom stereocenters. The van der Waals surface area contributed by atoms with Crippen LogP contribution in [-0.4, -0.2) is 39.3 Å². The quantitative estimate of drug-likeness (QED) is 0.736. The number of aliphatic hydroxyl groups is 1. The van der Waals surface area contributed by atoms with Crippen LogP contribution in [0.2, 0.25) is 0 Å². The molecular formula is C10H14BrNO5S2. The van der Waals surface area contributed by atoms with Gasteiger partial charge in [0.15, 0.2) is 0 Å². The number of methoxy groups -OCH3 is 1. The van der Waals surface area contributed by atoms with Crippen molar-refractivity contribution in [2.45, 2.75) is 24.3 Å². The van der Waals surface area contributed by atoms with E-state index >= 15 is 0 Å². The molecule has 0 bridgehead atoms. The second-order valence-corrected chi connectivity index (χ2v) is 7.83. The molecule has 19 heavy (non-hydrogen) atoms. The Morgan fingerprint density at radius 3 is 2.79 bits per heavy atom. The Kier molecular flexibility index (Phi) is 5.93. The van der Waals surface area contributed by atoms with Gasteiger partial charge in [0, 0.05) is 12.6 Å². The van der Waals surface area contributed by atoms with Gasteiger partial charge >= 0.3 is 5.97 Å². The van der Waals surface area contributed by atoms with Crippen molar-refractivity contribution in [3.8, 4) is 0 Å². The van der Waals surface area contributed by atoms with E-state index in [2.05, 4.69) is 25.4 Å². The number of halogens is 1. The van der Waals surface area contributed by atoms with Gasteiger partial charge < -0.3 is 9.84 Å². The molecule has 0 radical (unpaired) electrons. The van der Waals surface area contributed by atoms with Crippen molar-refractivity contribution in [1.29, 1.82) is 0 Å². The lowest BCUT2D eigenvalue weighted by atomic mass is 10.3. The maximum atomic E-state index is 12.1. The highest BCUT2D eigenvalue weighted by molar-refractivity contribution is 9.11. The molecule has 9 heteroatoms. The molecule has 0 aliphatic heterocycles. The first-order chi connectivity index (χ1) is 8.81. The molecule has 108 valence electrons. The van der Waals surface area contributed by atoms with Gasteiger partial charge in [-0.15, -0.1) is 11.3 Å². The number of rotatable bonds is 6. The summed E-state index contributed by atoms with van der Waals surface area (Å²) < 4.78 is 31.5. The average molecular weight is 372 g/mol. The molecular weight excluding hydrogens is 358 g/mol. The van der Waals surface area contributed by atoms with Crippen LogP contribution in [0.3, 0.4) is 0 Å². The Bertz CT molecular complexity index is 554. The van der Waals surface area contributed by atoms with Gasteiger partial charge in [-0.25, -0.2) is 17.9 Å². The van der Waals surface area contributed by atoms with Gasteiger partial charge in [0.05, 0.1) is 10.9 Å². The van der Waals surface area contributed by atoms with Crippen LogP contribution in [0, 0.1) is 0 Å². The Morgan fingerprint density at radius 2 is 2.26 bits per heavy atom. The molecule has 0 amide bonds. The number of hydrogen-bond acceptors (Lipinski definition) is 6. The van der Waals surface area contributed by atoms with Crippen LogP contribution in [0.4, 0.5) is 0 Å². The third kappa shape index (κ3) is 4.25. The highest BCUT2D eigenvalue weighted by atomic mass is 79.9. The summed E-state index contributed by atoms with van der Waals surface area (Å²) in [5.41, 5.74) is 0. The summed E-state index contributed by atoms with van der Waals surface area (Å²) in [5.74, 6) is -0.587. The number of sulfonamides is 1. The Morgan fingerprint density at radius 1 is 1.63 bits per heavy atom. The van der Waals surface area contributed by atoms with Crippen molar-refractivity contribution in [2.24, 2.45) is 0 Å². The van der Waals surface area contributed by atoms with Gasteiger partial charge in [0.25, 0.3) is 0 Å². The number of carbonyl (C=O) groups excluding carboxylic acids is 1. The number of carbonyl (C=O) groups is 1. The summed E-state index contributed by atoms with van der Waals surface area (Å²) in [4.78, 5) is 11.5. The van der Waals surface area contributed by atoms with Crippen molar-refractivity contribution in [3.05, 3.63) is 14.7 Å².